The van der Waals surface area contributed by atoms with Crippen LogP contribution in [0.3, 0.4) is 0 Å². The van der Waals surface area contributed by atoms with Crippen molar-refractivity contribution in [1.29, 1.82) is 0 Å². The minimum atomic E-state index is -0.854. The summed E-state index contributed by atoms with van der Waals surface area (Å²) in [4.78, 5) is 18.8. The second-order valence-electron chi connectivity index (χ2n) is 4.65. The monoisotopic (exact) mass is 339 g/mol. The van der Waals surface area contributed by atoms with Crippen molar-refractivity contribution in [3.8, 4) is 0 Å². The fraction of sp³-hybridized carbons (Fsp3) is 0.417. The second-order valence-corrected chi connectivity index (χ2v) is 5.47. The van der Waals surface area contributed by atoms with Gasteiger partial charge in [-0.25, -0.2) is 14.3 Å². The van der Waals surface area contributed by atoms with Crippen molar-refractivity contribution in [2.75, 3.05) is 31.1 Å². The highest BCUT2D eigenvalue weighted by Crippen LogP contribution is 2.17. The van der Waals surface area contributed by atoms with Gasteiger partial charge in [0.1, 0.15) is 10.4 Å². The molecule has 20 heavy (non-hydrogen) atoms. The van der Waals surface area contributed by atoms with E-state index in [4.69, 9.17) is 5.11 Å². The van der Waals surface area contributed by atoms with Gasteiger partial charge in [0.05, 0.1) is 6.20 Å². The Kier molecular flexibility index (Phi) is 3.47. The highest BCUT2D eigenvalue weighted by atomic mass is 79.9. The predicted molar refractivity (Wildman–Crippen MR) is 77.1 cm³/mol. The van der Waals surface area contributed by atoms with Crippen molar-refractivity contribution in [3.63, 3.8) is 0 Å². The topological polar surface area (TPSA) is 74.0 Å². The summed E-state index contributed by atoms with van der Waals surface area (Å²) in [5.41, 5.74) is 0.780. The van der Waals surface area contributed by atoms with Crippen LogP contribution in [0.4, 0.5) is 10.6 Å². The van der Waals surface area contributed by atoms with E-state index in [0.717, 1.165) is 29.0 Å². The summed E-state index contributed by atoms with van der Waals surface area (Å²) < 4.78 is 2.53. The van der Waals surface area contributed by atoms with Gasteiger partial charge in [-0.1, -0.05) is 0 Å². The van der Waals surface area contributed by atoms with Crippen LogP contribution in [0.5, 0.6) is 0 Å². The number of hydrogen-bond donors (Lipinski definition) is 1. The first kappa shape index (κ1) is 13.2. The molecule has 0 atom stereocenters. The highest BCUT2D eigenvalue weighted by molar-refractivity contribution is 9.10. The number of fused-ring (bicyclic) bond motifs is 1. The van der Waals surface area contributed by atoms with E-state index in [1.165, 1.54) is 4.90 Å². The summed E-state index contributed by atoms with van der Waals surface area (Å²) in [6.45, 7) is 2.52. The van der Waals surface area contributed by atoms with Crippen LogP contribution in [0.25, 0.3) is 5.65 Å². The number of carboxylic acid groups (broad SMARTS) is 1. The molecule has 7 nitrogen and oxygen atoms in total. The van der Waals surface area contributed by atoms with Crippen LogP contribution < -0.4 is 4.90 Å². The maximum Gasteiger partial charge on any atom is 0.407 e. The van der Waals surface area contributed by atoms with Crippen molar-refractivity contribution in [1.82, 2.24) is 19.5 Å². The third kappa shape index (κ3) is 2.43. The first-order valence-corrected chi connectivity index (χ1v) is 7.17. The zero-order valence-corrected chi connectivity index (χ0v) is 12.3. The van der Waals surface area contributed by atoms with E-state index in [1.54, 1.807) is 10.7 Å². The fourth-order valence-electron chi connectivity index (χ4n) is 2.34. The van der Waals surface area contributed by atoms with Crippen molar-refractivity contribution >= 4 is 33.5 Å². The largest absolute Gasteiger partial charge is 0.465 e. The molecule has 1 N–H and O–H groups in total. The van der Waals surface area contributed by atoms with Gasteiger partial charge >= 0.3 is 6.09 Å². The Morgan fingerprint density at radius 1 is 1.25 bits per heavy atom. The minimum absolute atomic E-state index is 0.500. The average Bonchev–Trinajstić information content (AvgIpc) is 2.66. The summed E-state index contributed by atoms with van der Waals surface area (Å²) in [5, 5.41) is 13.6. The zero-order valence-electron chi connectivity index (χ0n) is 10.7. The number of amides is 1. The summed E-state index contributed by atoms with van der Waals surface area (Å²) in [6.07, 6.45) is 1.66. The van der Waals surface area contributed by atoms with Gasteiger partial charge in [0.15, 0.2) is 5.65 Å². The van der Waals surface area contributed by atoms with Crippen LogP contribution in [-0.2, 0) is 0 Å². The lowest BCUT2D eigenvalue weighted by atomic mass is 10.4. The van der Waals surface area contributed by atoms with Crippen LogP contribution in [0.1, 0.15) is 6.42 Å². The third-order valence-corrected chi connectivity index (χ3v) is 3.94. The van der Waals surface area contributed by atoms with Gasteiger partial charge in [-0.05, 0) is 34.5 Å². The maximum atomic E-state index is 11.0. The molecule has 2 aromatic heterocycles. The molecule has 0 aliphatic carbocycles. The van der Waals surface area contributed by atoms with Gasteiger partial charge in [0.25, 0.3) is 0 Å². The number of imidazole rings is 1. The molecule has 0 unspecified atom stereocenters. The van der Waals surface area contributed by atoms with Gasteiger partial charge < -0.3 is 14.9 Å². The molecule has 1 fully saturated rings. The number of anilines is 1. The quantitative estimate of drug-likeness (QED) is 0.855. The molecule has 106 valence electrons. The van der Waals surface area contributed by atoms with Crippen molar-refractivity contribution in [3.05, 3.63) is 22.9 Å². The second kappa shape index (κ2) is 5.28. The van der Waals surface area contributed by atoms with Gasteiger partial charge in [-0.15, -0.1) is 5.10 Å². The van der Waals surface area contributed by atoms with E-state index in [9.17, 15) is 4.79 Å². The molecule has 8 heteroatoms. The lowest BCUT2D eigenvalue weighted by molar-refractivity contribution is 0.148. The smallest absolute Gasteiger partial charge is 0.407 e. The Morgan fingerprint density at radius 3 is 2.90 bits per heavy atom. The normalized spacial score (nSPS) is 16.4. The lowest BCUT2D eigenvalue weighted by Crippen LogP contribution is -2.34. The van der Waals surface area contributed by atoms with Gasteiger partial charge in [0, 0.05) is 26.2 Å². The third-order valence-electron chi connectivity index (χ3n) is 3.40. The van der Waals surface area contributed by atoms with Crippen molar-refractivity contribution in [2.24, 2.45) is 0 Å². The van der Waals surface area contributed by atoms with Gasteiger partial charge in [-0.2, -0.15) is 0 Å². The molecule has 0 radical (unpaired) electrons. The van der Waals surface area contributed by atoms with Crippen LogP contribution in [0.15, 0.2) is 22.9 Å². The van der Waals surface area contributed by atoms with Gasteiger partial charge in [-0.3, -0.25) is 0 Å². The molecule has 3 rings (SSSR count). The Morgan fingerprint density at radius 2 is 2.10 bits per heavy atom. The summed E-state index contributed by atoms with van der Waals surface area (Å²) in [6, 6.07) is 3.83. The van der Waals surface area contributed by atoms with Crippen molar-refractivity contribution in [2.45, 2.75) is 6.42 Å². The molecule has 0 saturated carbocycles. The van der Waals surface area contributed by atoms with E-state index in [2.05, 4.69) is 30.9 Å². The van der Waals surface area contributed by atoms with E-state index in [0.29, 0.717) is 19.6 Å². The molecule has 1 aliphatic heterocycles. The van der Waals surface area contributed by atoms with E-state index in [-0.39, 0.29) is 0 Å². The first-order chi connectivity index (χ1) is 9.65. The first-order valence-electron chi connectivity index (χ1n) is 6.38. The number of carbonyl (C=O) groups is 1. The Labute approximate surface area is 123 Å². The number of halogens is 1. The molecule has 0 aromatic carbocycles. The number of nitrogens with zero attached hydrogens (tertiary/aromatic N) is 5. The van der Waals surface area contributed by atoms with E-state index in [1.807, 2.05) is 12.1 Å². The predicted octanol–water partition coefficient (Wildman–Crippen LogP) is 1.68. The molecule has 1 amide bonds. The molecular formula is C12H14BrN5O2. The molecule has 0 bridgehead atoms. The highest BCUT2D eigenvalue weighted by Gasteiger charge is 2.19. The molecule has 3 heterocycles. The Balaban J connectivity index is 1.83. The van der Waals surface area contributed by atoms with Crippen molar-refractivity contribution < 1.29 is 9.90 Å². The van der Waals surface area contributed by atoms with E-state index >= 15 is 0 Å². The zero-order chi connectivity index (χ0) is 14.1. The molecule has 1 saturated heterocycles. The van der Waals surface area contributed by atoms with Crippen LogP contribution in [0, 0.1) is 0 Å². The summed E-state index contributed by atoms with van der Waals surface area (Å²) in [5.74, 6) is 0.837. The molecule has 0 spiro atoms. The average molecular weight is 340 g/mol. The number of rotatable bonds is 1. The Bertz CT molecular complexity index is 644. The SMILES string of the molecule is O=C(O)N1CCCN(c2ccc3ncc(Br)n3n2)CC1. The van der Waals surface area contributed by atoms with Crippen LogP contribution in [-0.4, -0.2) is 56.9 Å². The number of aromatic nitrogens is 3. The standard InChI is InChI=1S/C12H14BrN5O2/c13-9-8-14-10-2-3-11(15-18(9)10)16-4-1-5-17(7-6-16)12(19)20/h2-3,8H,1,4-7H2,(H,19,20). The molecule has 2 aromatic rings. The summed E-state index contributed by atoms with van der Waals surface area (Å²) >= 11 is 3.40. The molecule has 1 aliphatic rings. The minimum Gasteiger partial charge on any atom is -0.465 e. The summed E-state index contributed by atoms with van der Waals surface area (Å²) in [7, 11) is 0. The lowest BCUT2D eigenvalue weighted by Gasteiger charge is -2.21. The van der Waals surface area contributed by atoms with Crippen LogP contribution >= 0.6 is 15.9 Å². The van der Waals surface area contributed by atoms with Gasteiger partial charge in [0.2, 0.25) is 0 Å². The van der Waals surface area contributed by atoms with Crippen LogP contribution in [0.2, 0.25) is 0 Å². The van der Waals surface area contributed by atoms with E-state index < -0.39 is 6.09 Å². The maximum absolute atomic E-state index is 11.0. The Hall–Kier alpha value is -1.83. The molecular weight excluding hydrogens is 326 g/mol. The number of hydrogen-bond acceptors (Lipinski definition) is 4. The fourth-order valence-corrected chi connectivity index (χ4v) is 2.71.